The van der Waals surface area contributed by atoms with Crippen LogP contribution in [0.1, 0.15) is 24.6 Å². The summed E-state index contributed by atoms with van der Waals surface area (Å²) in [6.07, 6.45) is 4.00. The number of hydrogen-bond acceptors (Lipinski definition) is 11. The molecular weight excluding hydrogens is 456 g/mol. The van der Waals surface area contributed by atoms with Crippen molar-refractivity contribution >= 4 is 23.0 Å². The summed E-state index contributed by atoms with van der Waals surface area (Å²) in [5.41, 5.74) is 13.4. The average Bonchev–Trinajstić information content (AvgIpc) is 3.40. The lowest BCUT2D eigenvalue weighted by Gasteiger charge is -2.27. The fourth-order valence-corrected chi connectivity index (χ4v) is 4.21. The third kappa shape index (κ3) is 5.71. The number of imidazole rings is 1. The monoisotopic (exact) mass is 486 g/mol. The number of nitrogen functional groups attached to an aromatic ring is 1. The number of aromatic nitrogens is 5. The molecule has 0 aliphatic carbocycles. The number of carbonyl (C=O) groups is 1. The van der Waals surface area contributed by atoms with Crippen molar-refractivity contribution in [3.8, 4) is 0 Å². The van der Waals surface area contributed by atoms with E-state index in [2.05, 4.69) is 19.9 Å². The molecule has 1 aliphatic heterocycles. The zero-order chi connectivity index (χ0) is 24.9. The summed E-state index contributed by atoms with van der Waals surface area (Å²) in [5, 5.41) is 30.6. The van der Waals surface area contributed by atoms with Gasteiger partial charge in [-0.05, 0) is 37.4 Å². The van der Waals surface area contributed by atoms with Crippen molar-refractivity contribution in [2.24, 2.45) is 5.73 Å². The topological polar surface area (TPSA) is 199 Å². The number of anilines is 1. The van der Waals surface area contributed by atoms with E-state index in [-0.39, 0.29) is 18.8 Å². The van der Waals surface area contributed by atoms with Crippen LogP contribution in [0.3, 0.4) is 0 Å². The van der Waals surface area contributed by atoms with Gasteiger partial charge >= 0.3 is 5.97 Å². The summed E-state index contributed by atoms with van der Waals surface area (Å²) in [5.74, 6) is -0.867. The fourth-order valence-electron chi connectivity index (χ4n) is 4.21. The molecule has 188 valence electrons. The highest BCUT2D eigenvalue weighted by molar-refractivity contribution is 5.81. The average molecular weight is 487 g/mol. The molecule has 5 atom stereocenters. The van der Waals surface area contributed by atoms with E-state index in [9.17, 15) is 15.0 Å². The first-order valence-electron chi connectivity index (χ1n) is 11.4. The number of fused-ring (bicyclic) bond motifs is 1. The molecule has 0 spiro atoms. The van der Waals surface area contributed by atoms with Gasteiger partial charge in [0.25, 0.3) is 0 Å². The quantitative estimate of drug-likeness (QED) is 0.225. The maximum absolute atomic E-state index is 11.2. The highest BCUT2D eigenvalue weighted by Gasteiger charge is 2.44. The summed E-state index contributed by atoms with van der Waals surface area (Å²) in [6.45, 7) is 1.29. The number of nitrogens with two attached hydrogens (primary N) is 2. The predicted octanol–water partition coefficient (Wildman–Crippen LogP) is -0.840. The van der Waals surface area contributed by atoms with Crippen LogP contribution in [0.2, 0.25) is 0 Å². The number of aliphatic carboxylic acids is 1. The normalized spacial score (nSPS) is 23.2. The number of hydrogen-bond donors (Lipinski definition) is 5. The van der Waals surface area contributed by atoms with Gasteiger partial charge in [0.15, 0.2) is 17.7 Å². The van der Waals surface area contributed by atoms with Crippen LogP contribution >= 0.6 is 0 Å². The molecule has 0 aromatic carbocycles. The van der Waals surface area contributed by atoms with E-state index in [1.54, 1.807) is 12.4 Å². The van der Waals surface area contributed by atoms with Crippen molar-refractivity contribution in [3.05, 3.63) is 42.7 Å². The Hall–Kier alpha value is -3.23. The van der Waals surface area contributed by atoms with Gasteiger partial charge in [-0.1, -0.05) is 6.07 Å². The predicted molar refractivity (Wildman–Crippen MR) is 125 cm³/mol. The van der Waals surface area contributed by atoms with Crippen LogP contribution in [0.25, 0.3) is 11.2 Å². The second kappa shape index (κ2) is 11.0. The molecule has 3 aromatic heterocycles. The molecule has 1 fully saturated rings. The SMILES string of the molecule is Nc1ncnc2c1ncn2[C@@H]1O[C@H](CN(CCCc2cccnc2)CC[C@H](N)C(=O)O)[C@@H](O)[C@H]1O. The second-order valence-corrected chi connectivity index (χ2v) is 8.63. The maximum Gasteiger partial charge on any atom is 0.320 e. The molecule has 4 rings (SSSR count). The van der Waals surface area contributed by atoms with E-state index >= 15 is 0 Å². The first-order valence-corrected chi connectivity index (χ1v) is 11.4. The maximum atomic E-state index is 11.2. The molecule has 13 heteroatoms. The Bertz CT molecular complexity index is 1130. The van der Waals surface area contributed by atoms with Crippen LogP contribution < -0.4 is 11.5 Å². The van der Waals surface area contributed by atoms with E-state index in [4.69, 9.17) is 21.3 Å². The van der Waals surface area contributed by atoms with Gasteiger partial charge in [-0.2, -0.15) is 0 Å². The summed E-state index contributed by atoms with van der Waals surface area (Å²) < 4.78 is 7.57. The summed E-state index contributed by atoms with van der Waals surface area (Å²) >= 11 is 0. The lowest BCUT2D eigenvalue weighted by molar-refractivity contribution is -0.138. The minimum atomic E-state index is -1.23. The number of aliphatic hydroxyl groups excluding tert-OH is 2. The largest absolute Gasteiger partial charge is 0.480 e. The minimum Gasteiger partial charge on any atom is -0.480 e. The number of pyridine rings is 1. The number of nitrogens with zero attached hydrogens (tertiary/aromatic N) is 6. The molecular formula is C22H30N8O5. The number of ether oxygens (including phenoxy) is 1. The molecule has 4 heterocycles. The molecule has 0 bridgehead atoms. The Kier molecular flexibility index (Phi) is 7.83. The third-order valence-corrected chi connectivity index (χ3v) is 6.17. The van der Waals surface area contributed by atoms with Crippen molar-refractivity contribution < 1.29 is 24.9 Å². The van der Waals surface area contributed by atoms with Gasteiger partial charge in [-0.25, -0.2) is 15.0 Å². The number of aryl methyl sites for hydroxylation is 1. The number of aliphatic hydroxyl groups is 2. The third-order valence-electron chi connectivity index (χ3n) is 6.17. The van der Waals surface area contributed by atoms with Gasteiger partial charge < -0.3 is 36.4 Å². The smallest absolute Gasteiger partial charge is 0.320 e. The molecule has 1 saturated heterocycles. The molecule has 3 aromatic rings. The van der Waals surface area contributed by atoms with Gasteiger partial charge in [0.1, 0.15) is 36.2 Å². The van der Waals surface area contributed by atoms with Crippen LogP contribution in [0.15, 0.2) is 37.2 Å². The van der Waals surface area contributed by atoms with Crippen molar-refractivity contribution in [1.29, 1.82) is 0 Å². The number of carboxylic acids is 1. The molecule has 0 amide bonds. The van der Waals surface area contributed by atoms with Gasteiger partial charge in [-0.3, -0.25) is 14.3 Å². The van der Waals surface area contributed by atoms with Crippen LogP contribution in [0.5, 0.6) is 0 Å². The lowest BCUT2D eigenvalue weighted by atomic mass is 10.1. The van der Waals surface area contributed by atoms with Gasteiger partial charge in [0.05, 0.1) is 6.33 Å². The Morgan fingerprint density at radius 2 is 2.06 bits per heavy atom. The molecule has 0 unspecified atom stereocenters. The van der Waals surface area contributed by atoms with E-state index in [1.807, 2.05) is 17.0 Å². The highest BCUT2D eigenvalue weighted by Crippen LogP contribution is 2.32. The van der Waals surface area contributed by atoms with Crippen molar-refractivity contribution in [2.45, 2.75) is 49.8 Å². The number of carboxylic acid groups (broad SMARTS) is 1. The van der Waals surface area contributed by atoms with Gasteiger partial charge in [-0.15, -0.1) is 0 Å². The molecule has 7 N–H and O–H groups in total. The summed E-state index contributed by atoms with van der Waals surface area (Å²) in [6, 6.07) is 2.88. The zero-order valence-corrected chi connectivity index (χ0v) is 19.1. The molecule has 35 heavy (non-hydrogen) atoms. The number of rotatable bonds is 11. The van der Waals surface area contributed by atoms with Crippen LogP contribution in [0.4, 0.5) is 5.82 Å². The fraction of sp³-hybridized carbons (Fsp3) is 0.500. The standard InChI is InChI=1S/C22H30N8O5/c23-14(22(33)34)5-8-29(7-2-4-13-3-1-6-25-9-13)10-15-17(31)18(32)21(35-15)30-12-28-16-19(24)26-11-27-20(16)30/h1,3,6,9,11-12,14-15,17-18,21,31-32H,2,4-5,7-8,10,23H2,(H,33,34)(H2,24,26,27)/t14-,15+,17+,18+,21+/m0/s1. The first kappa shape index (κ1) is 24.9. The Morgan fingerprint density at radius 1 is 1.23 bits per heavy atom. The van der Waals surface area contributed by atoms with Crippen molar-refractivity contribution in [2.75, 3.05) is 25.4 Å². The zero-order valence-electron chi connectivity index (χ0n) is 19.1. The minimum absolute atomic E-state index is 0.202. The van der Waals surface area contributed by atoms with E-state index < -0.39 is 36.6 Å². The molecule has 13 nitrogen and oxygen atoms in total. The molecule has 0 saturated carbocycles. The Balaban J connectivity index is 1.44. The van der Waals surface area contributed by atoms with E-state index in [0.717, 1.165) is 18.4 Å². The first-order chi connectivity index (χ1) is 16.8. The Labute approximate surface area is 201 Å². The van der Waals surface area contributed by atoms with Crippen LogP contribution in [-0.2, 0) is 16.0 Å². The summed E-state index contributed by atoms with van der Waals surface area (Å²) in [7, 11) is 0. The Morgan fingerprint density at radius 3 is 2.80 bits per heavy atom. The van der Waals surface area contributed by atoms with Crippen molar-refractivity contribution in [1.82, 2.24) is 29.4 Å². The van der Waals surface area contributed by atoms with E-state index in [1.165, 1.54) is 17.2 Å². The molecule has 0 radical (unpaired) electrons. The van der Waals surface area contributed by atoms with Crippen molar-refractivity contribution in [3.63, 3.8) is 0 Å². The second-order valence-electron chi connectivity index (χ2n) is 8.63. The van der Waals surface area contributed by atoms with Gasteiger partial charge in [0.2, 0.25) is 0 Å². The van der Waals surface area contributed by atoms with Gasteiger partial charge in [0, 0.05) is 25.5 Å². The molecule has 1 aliphatic rings. The highest BCUT2D eigenvalue weighted by atomic mass is 16.6. The lowest BCUT2D eigenvalue weighted by Crippen LogP contribution is -2.43. The van der Waals surface area contributed by atoms with Crippen LogP contribution in [-0.4, -0.2) is 94.7 Å². The van der Waals surface area contributed by atoms with Crippen LogP contribution in [0, 0.1) is 0 Å². The van der Waals surface area contributed by atoms with E-state index in [0.29, 0.717) is 24.3 Å². The summed E-state index contributed by atoms with van der Waals surface area (Å²) in [4.78, 5) is 29.6.